The summed E-state index contributed by atoms with van der Waals surface area (Å²) in [5.74, 6) is 0. The van der Waals surface area contributed by atoms with Gasteiger partial charge in [0.05, 0.1) is 4.90 Å². The molecule has 0 aromatic heterocycles. The highest BCUT2D eigenvalue weighted by Gasteiger charge is 2.11. The molecule has 0 fully saturated rings. The van der Waals surface area contributed by atoms with Crippen molar-refractivity contribution in [1.82, 2.24) is 4.83 Å². The first-order valence-corrected chi connectivity index (χ1v) is 6.34. The molecule has 0 saturated carbocycles. The van der Waals surface area contributed by atoms with Crippen LogP contribution in [0.1, 0.15) is 20.3 Å². The van der Waals surface area contributed by atoms with E-state index in [1.807, 2.05) is 6.92 Å². The predicted molar refractivity (Wildman–Crippen MR) is 64.6 cm³/mol. The topological polar surface area (TPSA) is 84.5 Å². The van der Waals surface area contributed by atoms with E-state index in [9.17, 15) is 8.42 Å². The number of sulfonamides is 1. The third-order valence-corrected chi connectivity index (χ3v) is 3.28. The number of rotatable bonds is 4. The summed E-state index contributed by atoms with van der Waals surface area (Å²) in [6, 6.07) is 5.94. The number of nitrogens with two attached hydrogens (primary N) is 1. The van der Waals surface area contributed by atoms with Gasteiger partial charge in [0.25, 0.3) is 10.0 Å². The Kier molecular flexibility index (Phi) is 3.89. The fourth-order valence-electron chi connectivity index (χ4n) is 0.917. The summed E-state index contributed by atoms with van der Waals surface area (Å²) in [4.78, 5) is 2.31. The Morgan fingerprint density at radius 1 is 1.38 bits per heavy atom. The van der Waals surface area contributed by atoms with Gasteiger partial charge < -0.3 is 5.73 Å². The van der Waals surface area contributed by atoms with Gasteiger partial charge in [0.15, 0.2) is 0 Å². The molecule has 1 aromatic carbocycles. The van der Waals surface area contributed by atoms with Crippen molar-refractivity contribution in [3.05, 3.63) is 24.3 Å². The van der Waals surface area contributed by atoms with Gasteiger partial charge in [-0.3, -0.25) is 0 Å². The maximum Gasteiger partial charge on any atom is 0.276 e. The molecular formula is C10H15N3O2S. The Labute approximate surface area is 95.4 Å². The normalized spacial score (nSPS) is 12.5. The Balaban J connectivity index is 2.91. The van der Waals surface area contributed by atoms with E-state index in [0.717, 1.165) is 5.71 Å². The second-order valence-electron chi connectivity index (χ2n) is 3.36. The van der Waals surface area contributed by atoms with Crippen LogP contribution < -0.4 is 10.6 Å². The van der Waals surface area contributed by atoms with Gasteiger partial charge in [-0.05, 0) is 37.6 Å². The molecule has 0 amide bonds. The predicted octanol–water partition coefficient (Wildman–Crippen LogP) is 1.33. The molecule has 0 aliphatic heterocycles. The molecule has 88 valence electrons. The summed E-state index contributed by atoms with van der Waals surface area (Å²) >= 11 is 0. The van der Waals surface area contributed by atoms with E-state index in [-0.39, 0.29) is 4.90 Å². The van der Waals surface area contributed by atoms with E-state index in [1.165, 1.54) is 24.3 Å². The van der Waals surface area contributed by atoms with Crippen molar-refractivity contribution in [1.29, 1.82) is 0 Å². The molecular weight excluding hydrogens is 226 g/mol. The average molecular weight is 241 g/mol. The lowest BCUT2D eigenvalue weighted by Gasteiger charge is -2.04. The third-order valence-electron chi connectivity index (χ3n) is 2.06. The Bertz CT molecular complexity index is 477. The van der Waals surface area contributed by atoms with E-state index in [4.69, 9.17) is 5.73 Å². The zero-order valence-corrected chi connectivity index (χ0v) is 10.1. The van der Waals surface area contributed by atoms with Crippen molar-refractivity contribution in [3.63, 3.8) is 0 Å². The largest absolute Gasteiger partial charge is 0.399 e. The van der Waals surface area contributed by atoms with E-state index < -0.39 is 10.0 Å². The smallest absolute Gasteiger partial charge is 0.276 e. The molecule has 0 unspecified atom stereocenters. The fourth-order valence-corrected chi connectivity index (χ4v) is 1.79. The van der Waals surface area contributed by atoms with Crippen LogP contribution in [0.15, 0.2) is 34.3 Å². The summed E-state index contributed by atoms with van der Waals surface area (Å²) in [6.07, 6.45) is 0.699. The number of nitrogens with zero attached hydrogens (tertiary/aromatic N) is 1. The van der Waals surface area contributed by atoms with Crippen LogP contribution in [0.4, 0.5) is 5.69 Å². The minimum Gasteiger partial charge on any atom is -0.399 e. The zero-order chi connectivity index (χ0) is 12.2. The number of benzene rings is 1. The highest BCUT2D eigenvalue weighted by atomic mass is 32.2. The first kappa shape index (κ1) is 12.5. The molecule has 5 nitrogen and oxygen atoms in total. The lowest BCUT2D eigenvalue weighted by Crippen LogP contribution is -2.19. The molecule has 0 atom stereocenters. The molecule has 1 rings (SSSR count). The lowest BCUT2D eigenvalue weighted by molar-refractivity contribution is 0.584. The molecule has 0 bridgehead atoms. The molecule has 3 N–H and O–H groups in total. The lowest BCUT2D eigenvalue weighted by atomic mass is 10.3. The van der Waals surface area contributed by atoms with Crippen molar-refractivity contribution in [2.45, 2.75) is 25.2 Å². The van der Waals surface area contributed by atoms with Crippen molar-refractivity contribution in [3.8, 4) is 0 Å². The quantitative estimate of drug-likeness (QED) is 0.474. The SMILES string of the molecule is CCC(C)=NNS(=O)(=O)c1ccc(N)cc1. The number of nitrogens with one attached hydrogen (secondary N) is 1. The molecule has 0 spiro atoms. The third kappa shape index (κ3) is 3.23. The van der Waals surface area contributed by atoms with Gasteiger partial charge in [0.1, 0.15) is 0 Å². The average Bonchev–Trinajstić information content (AvgIpc) is 2.26. The molecule has 16 heavy (non-hydrogen) atoms. The molecule has 0 saturated heterocycles. The number of hydrazone groups is 1. The van der Waals surface area contributed by atoms with Gasteiger partial charge >= 0.3 is 0 Å². The molecule has 6 heteroatoms. The number of anilines is 1. The van der Waals surface area contributed by atoms with Crippen LogP contribution in [0.3, 0.4) is 0 Å². The van der Waals surface area contributed by atoms with Crippen molar-refractivity contribution in [2.75, 3.05) is 5.73 Å². The Morgan fingerprint density at radius 2 is 1.94 bits per heavy atom. The summed E-state index contributed by atoms with van der Waals surface area (Å²) in [5, 5.41) is 3.76. The van der Waals surface area contributed by atoms with Gasteiger partial charge in [-0.25, -0.2) is 4.83 Å². The van der Waals surface area contributed by atoms with Gasteiger partial charge in [-0.2, -0.15) is 13.5 Å². The summed E-state index contributed by atoms with van der Waals surface area (Å²) in [5.41, 5.74) is 6.71. The fraction of sp³-hybridized carbons (Fsp3) is 0.300. The number of nitrogen functional groups attached to an aromatic ring is 1. The van der Waals surface area contributed by atoms with Gasteiger partial charge in [-0.15, -0.1) is 0 Å². The van der Waals surface area contributed by atoms with Crippen LogP contribution in [0.5, 0.6) is 0 Å². The number of hydrogen-bond acceptors (Lipinski definition) is 4. The summed E-state index contributed by atoms with van der Waals surface area (Å²) in [7, 11) is -3.58. The minimum absolute atomic E-state index is 0.148. The van der Waals surface area contributed by atoms with E-state index in [2.05, 4.69) is 9.93 Å². The summed E-state index contributed by atoms with van der Waals surface area (Å²) in [6.45, 7) is 3.65. The number of hydrogen-bond donors (Lipinski definition) is 2. The van der Waals surface area contributed by atoms with E-state index in [1.54, 1.807) is 6.92 Å². The molecule has 0 heterocycles. The molecule has 0 radical (unpaired) electrons. The van der Waals surface area contributed by atoms with Gasteiger partial charge in [0.2, 0.25) is 0 Å². The monoisotopic (exact) mass is 241 g/mol. The highest BCUT2D eigenvalue weighted by Crippen LogP contribution is 2.11. The Morgan fingerprint density at radius 3 is 2.44 bits per heavy atom. The Hall–Kier alpha value is -1.56. The van der Waals surface area contributed by atoms with Crippen LogP contribution in [0.25, 0.3) is 0 Å². The van der Waals surface area contributed by atoms with Crippen LogP contribution in [-0.4, -0.2) is 14.1 Å². The minimum atomic E-state index is -3.58. The first-order chi connectivity index (χ1) is 7.45. The molecule has 0 aliphatic carbocycles. The van der Waals surface area contributed by atoms with Gasteiger partial charge in [-0.1, -0.05) is 6.92 Å². The van der Waals surface area contributed by atoms with Crippen LogP contribution in [0.2, 0.25) is 0 Å². The van der Waals surface area contributed by atoms with Gasteiger partial charge in [0, 0.05) is 11.4 Å². The maximum absolute atomic E-state index is 11.7. The van der Waals surface area contributed by atoms with E-state index in [0.29, 0.717) is 12.1 Å². The van der Waals surface area contributed by atoms with E-state index >= 15 is 0 Å². The zero-order valence-electron chi connectivity index (χ0n) is 9.27. The second kappa shape index (κ2) is 4.98. The van der Waals surface area contributed by atoms with Crippen LogP contribution >= 0.6 is 0 Å². The first-order valence-electron chi connectivity index (χ1n) is 4.86. The second-order valence-corrected chi connectivity index (χ2v) is 5.03. The van der Waals surface area contributed by atoms with Crippen LogP contribution in [0, 0.1) is 0 Å². The molecule has 0 aliphatic rings. The standard InChI is InChI=1S/C10H15N3O2S/c1-3-8(2)12-13-16(14,15)10-6-4-9(11)5-7-10/h4-7,13H,3,11H2,1-2H3. The summed E-state index contributed by atoms with van der Waals surface area (Å²) < 4.78 is 23.4. The van der Waals surface area contributed by atoms with Crippen molar-refractivity contribution >= 4 is 21.4 Å². The van der Waals surface area contributed by atoms with Crippen molar-refractivity contribution in [2.24, 2.45) is 5.10 Å². The highest BCUT2D eigenvalue weighted by molar-refractivity contribution is 7.89. The maximum atomic E-state index is 11.7. The molecule has 1 aromatic rings. The van der Waals surface area contributed by atoms with Crippen molar-refractivity contribution < 1.29 is 8.42 Å². The van der Waals surface area contributed by atoms with Crippen LogP contribution in [-0.2, 0) is 10.0 Å².